The normalized spacial score (nSPS) is 25.3. The summed E-state index contributed by atoms with van der Waals surface area (Å²) < 4.78 is 5.32. The minimum absolute atomic E-state index is 0.461. The number of nitrogens with one attached hydrogen (secondary N) is 1. The third-order valence-electron chi connectivity index (χ3n) is 2.01. The Balaban J connectivity index is 2.04. The van der Waals surface area contributed by atoms with Crippen molar-refractivity contribution in [2.24, 2.45) is 0 Å². The van der Waals surface area contributed by atoms with E-state index in [4.69, 9.17) is 4.74 Å². The maximum absolute atomic E-state index is 5.32. The average Bonchev–Trinajstić information content (AvgIpc) is 2.58. The minimum atomic E-state index is 0.461. The third kappa shape index (κ3) is 1.40. The lowest BCUT2D eigenvalue weighted by atomic mass is 10.00. The van der Waals surface area contributed by atoms with E-state index in [2.05, 4.69) is 15.4 Å². The van der Waals surface area contributed by atoms with Gasteiger partial charge in [0, 0.05) is 12.5 Å². The van der Waals surface area contributed by atoms with Crippen LogP contribution in [0, 0.1) is 0 Å². The fourth-order valence-corrected chi connectivity index (χ4v) is 1.38. The van der Waals surface area contributed by atoms with Crippen LogP contribution in [0.5, 0.6) is 0 Å². The van der Waals surface area contributed by atoms with Crippen molar-refractivity contribution >= 4 is 0 Å². The van der Waals surface area contributed by atoms with Gasteiger partial charge in [-0.25, -0.2) is 0 Å². The fourth-order valence-electron chi connectivity index (χ4n) is 1.38. The highest BCUT2D eigenvalue weighted by Gasteiger charge is 2.17. The third-order valence-corrected chi connectivity index (χ3v) is 2.01. The van der Waals surface area contributed by atoms with Gasteiger partial charge in [0.2, 0.25) is 0 Å². The highest BCUT2D eigenvalue weighted by Crippen LogP contribution is 2.22. The van der Waals surface area contributed by atoms with Gasteiger partial charge in [0.25, 0.3) is 0 Å². The second kappa shape index (κ2) is 3.00. The number of aromatic amines is 1. The lowest BCUT2D eigenvalue weighted by Gasteiger charge is -2.19. The minimum Gasteiger partial charge on any atom is -0.381 e. The van der Waals surface area contributed by atoms with Crippen LogP contribution in [0.15, 0.2) is 6.20 Å². The predicted molar refractivity (Wildman–Crippen MR) is 39.2 cm³/mol. The number of hydrogen-bond donors (Lipinski definition) is 1. The Morgan fingerprint density at radius 2 is 2.64 bits per heavy atom. The fraction of sp³-hybridized carbons (Fsp3) is 0.714. The second-order valence-corrected chi connectivity index (χ2v) is 2.81. The molecule has 0 aliphatic carbocycles. The number of nitrogens with zero attached hydrogens (tertiary/aromatic N) is 2. The molecule has 0 radical (unpaired) electrons. The molecule has 0 aromatic carbocycles. The molecule has 1 aliphatic heterocycles. The van der Waals surface area contributed by atoms with Crippen molar-refractivity contribution in [1.29, 1.82) is 0 Å². The molecular formula is C7H11N3O. The van der Waals surface area contributed by atoms with E-state index < -0.39 is 0 Å². The molecule has 4 nitrogen and oxygen atoms in total. The molecule has 1 saturated heterocycles. The van der Waals surface area contributed by atoms with E-state index in [9.17, 15) is 0 Å². The van der Waals surface area contributed by atoms with Crippen molar-refractivity contribution in [3.05, 3.63) is 11.9 Å². The number of ether oxygens (including phenoxy) is 1. The Labute approximate surface area is 64.9 Å². The van der Waals surface area contributed by atoms with Crippen LogP contribution in [0.3, 0.4) is 0 Å². The van der Waals surface area contributed by atoms with Gasteiger partial charge in [-0.1, -0.05) is 0 Å². The van der Waals surface area contributed by atoms with Crippen LogP contribution < -0.4 is 0 Å². The largest absolute Gasteiger partial charge is 0.381 e. The zero-order chi connectivity index (χ0) is 7.52. The van der Waals surface area contributed by atoms with E-state index in [-0.39, 0.29) is 0 Å². The molecule has 1 atom stereocenters. The van der Waals surface area contributed by atoms with E-state index in [1.165, 1.54) is 6.42 Å². The summed E-state index contributed by atoms with van der Waals surface area (Å²) >= 11 is 0. The second-order valence-electron chi connectivity index (χ2n) is 2.81. The number of rotatable bonds is 1. The molecule has 0 saturated carbocycles. The zero-order valence-corrected chi connectivity index (χ0v) is 6.29. The number of aromatic nitrogens is 3. The summed E-state index contributed by atoms with van der Waals surface area (Å²) in [6.07, 6.45) is 4.09. The first-order valence-corrected chi connectivity index (χ1v) is 3.90. The van der Waals surface area contributed by atoms with E-state index in [0.717, 1.165) is 25.3 Å². The number of H-pyrrole nitrogens is 1. The summed E-state index contributed by atoms with van der Waals surface area (Å²) in [7, 11) is 0. The summed E-state index contributed by atoms with van der Waals surface area (Å²) in [6.45, 7) is 1.70. The summed E-state index contributed by atoms with van der Waals surface area (Å²) in [6, 6.07) is 0. The zero-order valence-electron chi connectivity index (χ0n) is 6.29. The maximum Gasteiger partial charge on any atom is 0.0878 e. The summed E-state index contributed by atoms with van der Waals surface area (Å²) in [5.41, 5.74) is 1.03. The Morgan fingerprint density at radius 1 is 1.64 bits per heavy atom. The molecule has 1 fully saturated rings. The van der Waals surface area contributed by atoms with Crippen molar-refractivity contribution in [2.45, 2.75) is 18.8 Å². The summed E-state index contributed by atoms with van der Waals surface area (Å²) in [5.74, 6) is 0.461. The van der Waals surface area contributed by atoms with Gasteiger partial charge in [-0.2, -0.15) is 15.4 Å². The van der Waals surface area contributed by atoms with Crippen molar-refractivity contribution in [2.75, 3.05) is 13.2 Å². The Kier molecular flexibility index (Phi) is 1.85. The molecule has 1 aromatic heterocycles. The molecule has 2 heterocycles. The molecule has 1 aliphatic rings. The molecule has 0 bridgehead atoms. The van der Waals surface area contributed by atoms with Crippen molar-refractivity contribution < 1.29 is 4.74 Å². The number of hydrogen-bond acceptors (Lipinski definition) is 3. The van der Waals surface area contributed by atoms with E-state index >= 15 is 0 Å². The van der Waals surface area contributed by atoms with Gasteiger partial charge in [-0.15, -0.1) is 0 Å². The van der Waals surface area contributed by atoms with Gasteiger partial charge < -0.3 is 4.74 Å². The van der Waals surface area contributed by atoms with E-state index in [0.29, 0.717) is 5.92 Å². The monoisotopic (exact) mass is 153 g/mol. The van der Waals surface area contributed by atoms with Gasteiger partial charge in [0.15, 0.2) is 0 Å². The first kappa shape index (κ1) is 6.79. The molecule has 1 aromatic rings. The summed E-state index contributed by atoms with van der Waals surface area (Å²) in [5, 5.41) is 10.4. The van der Waals surface area contributed by atoms with Gasteiger partial charge in [-0.3, -0.25) is 0 Å². The summed E-state index contributed by atoms with van der Waals surface area (Å²) in [4.78, 5) is 0. The standard InChI is InChI=1S/C7H11N3O/c1-2-6(5-11-3-1)7-4-8-10-9-7/h4,6H,1-3,5H2,(H,8,9,10). The van der Waals surface area contributed by atoms with Crippen LogP contribution in [0.2, 0.25) is 0 Å². The van der Waals surface area contributed by atoms with E-state index in [1.54, 1.807) is 6.20 Å². The van der Waals surface area contributed by atoms with Crippen LogP contribution in [0.1, 0.15) is 24.5 Å². The molecule has 1 unspecified atom stereocenters. The lowest BCUT2D eigenvalue weighted by molar-refractivity contribution is 0.0793. The van der Waals surface area contributed by atoms with Crippen LogP contribution in [-0.4, -0.2) is 28.6 Å². The smallest absolute Gasteiger partial charge is 0.0878 e. The highest BCUT2D eigenvalue weighted by molar-refractivity contribution is 5.01. The van der Waals surface area contributed by atoms with Crippen molar-refractivity contribution in [3.8, 4) is 0 Å². The maximum atomic E-state index is 5.32. The molecule has 1 N–H and O–H groups in total. The van der Waals surface area contributed by atoms with Crippen LogP contribution in [-0.2, 0) is 4.74 Å². The quantitative estimate of drug-likeness (QED) is 0.646. The van der Waals surface area contributed by atoms with Gasteiger partial charge in [0.1, 0.15) is 0 Å². The van der Waals surface area contributed by atoms with Gasteiger partial charge in [0.05, 0.1) is 18.5 Å². The molecule has 2 rings (SSSR count). The van der Waals surface area contributed by atoms with Crippen LogP contribution in [0.25, 0.3) is 0 Å². The molecule has 60 valence electrons. The highest BCUT2D eigenvalue weighted by atomic mass is 16.5. The van der Waals surface area contributed by atoms with Gasteiger partial charge >= 0.3 is 0 Å². The van der Waals surface area contributed by atoms with E-state index in [1.807, 2.05) is 0 Å². The van der Waals surface area contributed by atoms with Crippen LogP contribution in [0.4, 0.5) is 0 Å². The predicted octanol–water partition coefficient (Wildman–Crippen LogP) is 0.699. The molecule has 11 heavy (non-hydrogen) atoms. The van der Waals surface area contributed by atoms with Crippen LogP contribution >= 0.6 is 0 Å². The van der Waals surface area contributed by atoms with Crippen molar-refractivity contribution in [3.63, 3.8) is 0 Å². The SMILES string of the molecule is c1n[nH]nc1C1CCCOC1. The first-order chi connectivity index (χ1) is 5.47. The topological polar surface area (TPSA) is 50.8 Å². The molecular weight excluding hydrogens is 142 g/mol. The Hall–Kier alpha value is -0.900. The van der Waals surface area contributed by atoms with Crippen molar-refractivity contribution in [1.82, 2.24) is 15.4 Å². The first-order valence-electron chi connectivity index (χ1n) is 3.90. The molecule has 4 heteroatoms. The molecule has 0 amide bonds. The molecule has 0 spiro atoms. The Morgan fingerprint density at radius 3 is 3.27 bits per heavy atom. The lowest BCUT2D eigenvalue weighted by Crippen LogP contribution is -2.15. The van der Waals surface area contributed by atoms with Gasteiger partial charge in [-0.05, 0) is 12.8 Å². The average molecular weight is 153 g/mol. The Bertz CT molecular complexity index is 203.